The Labute approximate surface area is 188 Å². The number of amides is 1. The summed E-state index contributed by atoms with van der Waals surface area (Å²) in [6.07, 6.45) is 4.01. The van der Waals surface area contributed by atoms with E-state index in [2.05, 4.69) is 36.5 Å². The van der Waals surface area contributed by atoms with Crippen LogP contribution < -0.4 is 14.8 Å². The Hall–Kier alpha value is -3.57. The zero-order valence-corrected chi connectivity index (χ0v) is 18.6. The number of hydrogen-bond donors (Lipinski definition) is 1. The van der Waals surface area contributed by atoms with E-state index in [1.54, 1.807) is 31.4 Å². The normalized spacial score (nSPS) is 16.7. The van der Waals surface area contributed by atoms with Crippen LogP contribution in [0.1, 0.15) is 34.0 Å². The minimum Gasteiger partial charge on any atom is -0.497 e. The van der Waals surface area contributed by atoms with E-state index in [0.29, 0.717) is 30.2 Å². The van der Waals surface area contributed by atoms with Crippen LogP contribution in [0.15, 0.2) is 72.8 Å². The van der Waals surface area contributed by atoms with E-state index in [1.807, 2.05) is 37.3 Å². The van der Waals surface area contributed by atoms with E-state index in [0.717, 1.165) is 16.9 Å². The summed E-state index contributed by atoms with van der Waals surface area (Å²) >= 11 is 0. The lowest BCUT2D eigenvalue weighted by Gasteiger charge is -2.31. The zero-order valence-electron chi connectivity index (χ0n) is 18.6. The smallest absolute Gasteiger partial charge is 0.255 e. The van der Waals surface area contributed by atoms with Crippen molar-refractivity contribution in [2.45, 2.75) is 26.1 Å². The van der Waals surface area contributed by atoms with Crippen LogP contribution in [0.5, 0.6) is 11.5 Å². The number of carbonyl (C=O) groups excluding carboxylic acids is 1. The first kappa shape index (κ1) is 21.7. The molecule has 5 nitrogen and oxygen atoms in total. The van der Waals surface area contributed by atoms with Gasteiger partial charge in [0.1, 0.15) is 17.1 Å². The minimum atomic E-state index is -0.550. The third-order valence-corrected chi connectivity index (χ3v) is 5.36. The molecule has 0 fully saturated rings. The molecular weight excluding hydrogens is 402 g/mol. The Morgan fingerprint density at radius 3 is 2.50 bits per heavy atom. The minimum absolute atomic E-state index is 0.178. The SMILES string of the molecule is COc1ccc(C(=O)Nc2ccc3c(c2)C=CC(C)(COCc2ccc(C)cc2)O3)cc1. The maximum atomic E-state index is 12.5. The Morgan fingerprint density at radius 1 is 1.03 bits per heavy atom. The Kier molecular flexibility index (Phi) is 6.28. The fourth-order valence-corrected chi connectivity index (χ4v) is 3.48. The zero-order chi connectivity index (χ0) is 22.6. The molecule has 5 heteroatoms. The van der Waals surface area contributed by atoms with Crippen molar-refractivity contribution < 1.29 is 19.0 Å². The average molecular weight is 430 g/mol. The van der Waals surface area contributed by atoms with Gasteiger partial charge in [0.15, 0.2) is 0 Å². The van der Waals surface area contributed by atoms with E-state index in [1.165, 1.54) is 5.56 Å². The highest BCUT2D eigenvalue weighted by Gasteiger charge is 2.28. The van der Waals surface area contributed by atoms with Crippen LogP contribution in [0.2, 0.25) is 0 Å². The summed E-state index contributed by atoms with van der Waals surface area (Å²) < 4.78 is 17.3. The maximum absolute atomic E-state index is 12.5. The average Bonchev–Trinajstić information content (AvgIpc) is 2.80. The Bertz CT molecular complexity index is 1120. The van der Waals surface area contributed by atoms with Gasteiger partial charge < -0.3 is 19.5 Å². The number of ether oxygens (including phenoxy) is 3. The Morgan fingerprint density at radius 2 is 1.78 bits per heavy atom. The Balaban J connectivity index is 1.36. The topological polar surface area (TPSA) is 56.8 Å². The van der Waals surface area contributed by atoms with E-state index in [4.69, 9.17) is 14.2 Å². The summed E-state index contributed by atoms with van der Waals surface area (Å²) in [5.41, 5.74) is 4.00. The summed E-state index contributed by atoms with van der Waals surface area (Å²) in [4.78, 5) is 12.5. The molecule has 0 aromatic heterocycles. The number of carbonyl (C=O) groups is 1. The fourth-order valence-electron chi connectivity index (χ4n) is 3.48. The quantitative estimate of drug-likeness (QED) is 0.528. The van der Waals surface area contributed by atoms with E-state index < -0.39 is 5.60 Å². The van der Waals surface area contributed by atoms with Gasteiger partial charge >= 0.3 is 0 Å². The number of benzene rings is 3. The number of rotatable bonds is 7. The molecule has 4 rings (SSSR count). The molecule has 0 saturated carbocycles. The summed E-state index contributed by atoms with van der Waals surface area (Å²) in [5.74, 6) is 1.29. The third kappa shape index (κ3) is 5.18. The number of fused-ring (bicyclic) bond motifs is 1. The highest BCUT2D eigenvalue weighted by Crippen LogP contribution is 2.33. The molecule has 1 atom stereocenters. The van der Waals surface area contributed by atoms with E-state index in [9.17, 15) is 4.79 Å². The van der Waals surface area contributed by atoms with Gasteiger partial charge in [0.2, 0.25) is 0 Å². The first-order chi connectivity index (χ1) is 15.4. The molecule has 0 aliphatic carbocycles. The molecule has 1 aliphatic heterocycles. The highest BCUT2D eigenvalue weighted by atomic mass is 16.5. The molecule has 1 amide bonds. The van der Waals surface area contributed by atoms with Gasteiger partial charge in [-0.1, -0.05) is 35.9 Å². The van der Waals surface area contributed by atoms with Gasteiger partial charge in [-0.3, -0.25) is 4.79 Å². The molecule has 0 radical (unpaired) electrons. The molecule has 0 bridgehead atoms. The van der Waals surface area contributed by atoms with Crippen molar-refractivity contribution in [3.63, 3.8) is 0 Å². The fraction of sp³-hybridized carbons (Fsp3) is 0.222. The molecular formula is C27H27NO4. The molecule has 32 heavy (non-hydrogen) atoms. The monoisotopic (exact) mass is 429 g/mol. The van der Waals surface area contributed by atoms with Gasteiger partial charge in [0.05, 0.1) is 20.3 Å². The predicted octanol–water partition coefficient (Wildman–Crippen LogP) is 5.64. The molecule has 164 valence electrons. The van der Waals surface area contributed by atoms with Gasteiger partial charge in [0.25, 0.3) is 5.91 Å². The summed E-state index contributed by atoms with van der Waals surface area (Å²) in [6, 6.07) is 20.9. The van der Waals surface area contributed by atoms with Gasteiger partial charge in [-0.15, -0.1) is 0 Å². The van der Waals surface area contributed by atoms with Gasteiger partial charge in [-0.05, 0) is 68.0 Å². The molecule has 3 aromatic carbocycles. The first-order valence-corrected chi connectivity index (χ1v) is 10.6. The van der Waals surface area contributed by atoms with Crippen molar-refractivity contribution in [3.8, 4) is 11.5 Å². The summed E-state index contributed by atoms with van der Waals surface area (Å²) in [6.45, 7) is 5.05. The second kappa shape index (κ2) is 9.28. The largest absolute Gasteiger partial charge is 0.497 e. The van der Waals surface area contributed by atoms with Crippen molar-refractivity contribution >= 4 is 17.7 Å². The predicted molar refractivity (Wildman–Crippen MR) is 126 cm³/mol. The van der Waals surface area contributed by atoms with Crippen molar-refractivity contribution in [2.24, 2.45) is 0 Å². The molecule has 1 N–H and O–H groups in total. The van der Waals surface area contributed by atoms with Crippen LogP contribution in [0.4, 0.5) is 5.69 Å². The van der Waals surface area contributed by atoms with Crippen molar-refractivity contribution in [3.05, 3.63) is 95.1 Å². The number of aryl methyl sites for hydroxylation is 1. The van der Waals surface area contributed by atoms with Crippen LogP contribution >= 0.6 is 0 Å². The van der Waals surface area contributed by atoms with Crippen LogP contribution in [0.3, 0.4) is 0 Å². The van der Waals surface area contributed by atoms with E-state index >= 15 is 0 Å². The second-order valence-electron chi connectivity index (χ2n) is 8.16. The van der Waals surface area contributed by atoms with Crippen LogP contribution in [0, 0.1) is 6.92 Å². The first-order valence-electron chi connectivity index (χ1n) is 10.6. The van der Waals surface area contributed by atoms with Gasteiger partial charge in [-0.25, -0.2) is 0 Å². The van der Waals surface area contributed by atoms with Gasteiger partial charge in [0, 0.05) is 16.8 Å². The van der Waals surface area contributed by atoms with Crippen molar-refractivity contribution in [1.29, 1.82) is 0 Å². The molecule has 1 aliphatic rings. The number of hydrogen-bond acceptors (Lipinski definition) is 4. The number of methoxy groups -OCH3 is 1. The third-order valence-electron chi connectivity index (χ3n) is 5.36. The highest BCUT2D eigenvalue weighted by molar-refractivity contribution is 6.04. The van der Waals surface area contributed by atoms with Crippen molar-refractivity contribution in [1.82, 2.24) is 0 Å². The van der Waals surface area contributed by atoms with Gasteiger partial charge in [-0.2, -0.15) is 0 Å². The molecule has 3 aromatic rings. The molecule has 0 spiro atoms. The van der Waals surface area contributed by atoms with E-state index in [-0.39, 0.29) is 5.91 Å². The van der Waals surface area contributed by atoms with Crippen LogP contribution in [-0.2, 0) is 11.3 Å². The maximum Gasteiger partial charge on any atom is 0.255 e. The van der Waals surface area contributed by atoms with Crippen molar-refractivity contribution in [2.75, 3.05) is 19.0 Å². The molecule has 0 saturated heterocycles. The molecule has 1 unspecified atom stereocenters. The number of nitrogens with one attached hydrogen (secondary N) is 1. The lowest BCUT2D eigenvalue weighted by atomic mass is 10.0. The number of anilines is 1. The van der Waals surface area contributed by atoms with Crippen LogP contribution in [0.25, 0.3) is 6.08 Å². The second-order valence-corrected chi connectivity index (χ2v) is 8.16. The summed E-state index contributed by atoms with van der Waals surface area (Å²) in [7, 11) is 1.60. The molecule has 1 heterocycles. The van der Waals surface area contributed by atoms with Crippen LogP contribution in [-0.4, -0.2) is 25.2 Å². The standard InChI is InChI=1S/C27H27NO4/c1-19-4-6-20(7-5-19)17-31-18-27(2)15-14-22-16-23(10-13-25(22)32-27)28-26(29)21-8-11-24(30-3)12-9-21/h4-16H,17-18H2,1-3H3,(H,28,29). The summed E-state index contributed by atoms with van der Waals surface area (Å²) in [5, 5.41) is 2.93. The lowest BCUT2D eigenvalue weighted by molar-refractivity contribution is 0.00631. The lowest BCUT2D eigenvalue weighted by Crippen LogP contribution is -2.37.